The molecule has 0 radical (unpaired) electrons. The molecular formula is C44H29N. The highest BCUT2D eigenvalue weighted by Gasteiger charge is 2.46. The topological polar surface area (TPSA) is 4.93 Å². The maximum atomic E-state index is 2.51. The van der Waals surface area contributed by atoms with E-state index in [1.165, 1.54) is 83.1 Å². The Balaban J connectivity index is 1.25. The van der Waals surface area contributed by atoms with Gasteiger partial charge in [0.25, 0.3) is 0 Å². The van der Waals surface area contributed by atoms with Crippen molar-refractivity contribution >= 4 is 21.8 Å². The molecule has 0 amide bonds. The lowest BCUT2D eigenvalue weighted by atomic mass is 9.67. The Bertz CT molecular complexity index is 2400. The van der Waals surface area contributed by atoms with Crippen molar-refractivity contribution in [1.82, 2.24) is 4.57 Å². The molecule has 0 bridgehead atoms. The summed E-state index contributed by atoms with van der Waals surface area (Å²) in [7, 11) is 0. The molecule has 0 unspecified atom stereocenters. The normalized spacial score (nSPS) is 13.9. The highest BCUT2D eigenvalue weighted by atomic mass is 15.0. The number of hydrogen-bond acceptors (Lipinski definition) is 0. The molecule has 2 aliphatic carbocycles. The van der Waals surface area contributed by atoms with E-state index in [2.05, 4.69) is 168 Å². The van der Waals surface area contributed by atoms with Crippen LogP contribution < -0.4 is 0 Å². The van der Waals surface area contributed by atoms with E-state index in [-0.39, 0.29) is 5.41 Å². The van der Waals surface area contributed by atoms with Crippen molar-refractivity contribution in [3.05, 3.63) is 197 Å². The first-order valence-corrected chi connectivity index (χ1v) is 15.8. The molecule has 1 heteroatoms. The van der Waals surface area contributed by atoms with Gasteiger partial charge < -0.3 is 4.57 Å². The van der Waals surface area contributed by atoms with E-state index in [1.807, 2.05) is 0 Å². The first-order valence-electron chi connectivity index (χ1n) is 15.8. The molecule has 8 aromatic rings. The molecule has 0 aliphatic heterocycles. The summed E-state index contributed by atoms with van der Waals surface area (Å²) in [6, 6.07) is 60.9. The van der Waals surface area contributed by atoms with E-state index < -0.39 is 0 Å². The molecule has 45 heavy (non-hydrogen) atoms. The van der Waals surface area contributed by atoms with E-state index in [0.29, 0.717) is 0 Å². The van der Waals surface area contributed by atoms with Crippen molar-refractivity contribution in [2.24, 2.45) is 0 Å². The quantitative estimate of drug-likeness (QED) is 0.199. The largest absolute Gasteiger partial charge is 0.309 e. The molecule has 0 spiro atoms. The lowest BCUT2D eigenvalue weighted by Gasteiger charge is -2.34. The second-order valence-corrected chi connectivity index (χ2v) is 12.5. The van der Waals surface area contributed by atoms with Gasteiger partial charge in [-0.1, -0.05) is 127 Å². The highest BCUT2D eigenvalue weighted by Crippen LogP contribution is 2.57. The minimum absolute atomic E-state index is 0.389. The van der Waals surface area contributed by atoms with E-state index >= 15 is 0 Å². The zero-order chi connectivity index (χ0) is 29.5. The van der Waals surface area contributed by atoms with Crippen LogP contribution in [0.1, 0.15) is 33.4 Å². The monoisotopic (exact) mass is 571 g/mol. The summed E-state index contributed by atoms with van der Waals surface area (Å²) >= 11 is 0. The van der Waals surface area contributed by atoms with Crippen LogP contribution in [0.4, 0.5) is 0 Å². The maximum absolute atomic E-state index is 2.51. The Hall–Kier alpha value is -5.66. The van der Waals surface area contributed by atoms with Gasteiger partial charge in [0, 0.05) is 16.5 Å². The highest BCUT2D eigenvalue weighted by molar-refractivity contribution is 6.11. The smallest absolute Gasteiger partial charge is 0.0713 e. The number of benzene rings is 7. The van der Waals surface area contributed by atoms with Crippen LogP contribution in [-0.2, 0) is 11.8 Å². The summed E-state index contributed by atoms with van der Waals surface area (Å²) in [4.78, 5) is 0. The minimum atomic E-state index is -0.389. The third-order valence-electron chi connectivity index (χ3n) is 10.3. The number of para-hydroxylation sites is 2. The van der Waals surface area contributed by atoms with Crippen LogP contribution in [0, 0.1) is 0 Å². The van der Waals surface area contributed by atoms with Crippen LogP contribution in [0.2, 0.25) is 0 Å². The van der Waals surface area contributed by atoms with Crippen LogP contribution in [0.15, 0.2) is 164 Å². The summed E-state index contributed by atoms with van der Waals surface area (Å²) in [6.45, 7) is 0. The number of hydrogen-bond donors (Lipinski definition) is 0. The lowest BCUT2D eigenvalue weighted by molar-refractivity contribution is 0.768. The Morgan fingerprint density at radius 3 is 1.78 bits per heavy atom. The fourth-order valence-corrected chi connectivity index (χ4v) is 8.44. The summed E-state index contributed by atoms with van der Waals surface area (Å²) in [5.41, 5.74) is 16.9. The third-order valence-corrected chi connectivity index (χ3v) is 10.3. The second-order valence-electron chi connectivity index (χ2n) is 12.5. The molecule has 10 rings (SSSR count). The van der Waals surface area contributed by atoms with Gasteiger partial charge in [-0.3, -0.25) is 0 Å². The molecule has 210 valence electrons. The zero-order valence-electron chi connectivity index (χ0n) is 24.7. The molecule has 7 aromatic carbocycles. The molecule has 0 N–H and O–H groups in total. The van der Waals surface area contributed by atoms with Crippen molar-refractivity contribution in [3.63, 3.8) is 0 Å². The SMILES string of the molecule is c1ccc(-n2c3ccccc3c3cc4c(cc32)Cc2ccc(C3(c5ccccc5)c5ccccc5-c5ccccc53)cc2-4)cc1. The van der Waals surface area contributed by atoms with Crippen LogP contribution in [0.5, 0.6) is 0 Å². The summed E-state index contributed by atoms with van der Waals surface area (Å²) in [5.74, 6) is 0. The molecule has 2 aliphatic rings. The van der Waals surface area contributed by atoms with E-state index in [1.54, 1.807) is 0 Å². The van der Waals surface area contributed by atoms with Gasteiger partial charge in [0.15, 0.2) is 0 Å². The Morgan fingerprint density at radius 1 is 0.400 bits per heavy atom. The lowest BCUT2D eigenvalue weighted by Crippen LogP contribution is -2.28. The predicted molar refractivity (Wildman–Crippen MR) is 186 cm³/mol. The number of aromatic nitrogens is 1. The molecule has 0 atom stereocenters. The average molecular weight is 572 g/mol. The van der Waals surface area contributed by atoms with Gasteiger partial charge in [-0.15, -0.1) is 0 Å². The Kier molecular flexibility index (Phi) is 5.04. The predicted octanol–water partition coefficient (Wildman–Crippen LogP) is 10.7. The molecule has 0 fully saturated rings. The van der Waals surface area contributed by atoms with Crippen LogP contribution >= 0.6 is 0 Å². The average Bonchev–Trinajstić information content (AvgIpc) is 3.73. The third kappa shape index (κ3) is 3.27. The fraction of sp³-hybridized carbons (Fsp3) is 0.0455. The van der Waals surface area contributed by atoms with E-state index in [9.17, 15) is 0 Å². The fourth-order valence-electron chi connectivity index (χ4n) is 8.44. The van der Waals surface area contributed by atoms with Gasteiger partial charge in [-0.25, -0.2) is 0 Å². The molecule has 1 aromatic heterocycles. The number of nitrogens with zero attached hydrogens (tertiary/aromatic N) is 1. The van der Waals surface area contributed by atoms with Gasteiger partial charge in [0.05, 0.1) is 16.4 Å². The number of fused-ring (bicyclic) bond motifs is 9. The van der Waals surface area contributed by atoms with Crippen LogP contribution in [0.25, 0.3) is 49.7 Å². The van der Waals surface area contributed by atoms with Crippen molar-refractivity contribution in [2.45, 2.75) is 11.8 Å². The maximum Gasteiger partial charge on any atom is 0.0713 e. The summed E-state index contributed by atoms with van der Waals surface area (Å²) in [6.07, 6.45) is 0.947. The molecular weight excluding hydrogens is 542 g/mol. The first kappa shape index (κ1) is 24.7. The molecule has 0 saturated carbocycles. The molecule has 1 heterocycles. The summed E-state index contributed by atoms with van der Waals surface area (Å²) in [5, 5.41) is 2.60. The van der Waals surface area contributed by atoms with E-state index in [0.717, 1.165) is 6.42 Å². The first-order chi connectivity index (χ1) is 22.3. The van der Waals surface area contributed by atoms with Crippen LogP contribution in [-0.4, -0.2) is 4.57 Å². The Morgan fingerprint density at radius 2 is 1.02 bits per heavy atom. The zero-order valence-corrected chi connectivity index (χ0v) is 24.7. The van der Waals surface area contributed by atoms with Crippen molar-refractivity contribution in [3.8, 4) is 27.9 Å². The van der Waals surface area contributed by atoms with Crippen molar-refractivity contribution in [2.75, 3.05) is 0 Å². The van der Waals surface area contributed by atoms with Gasteiger partial charge in [-0.05, 0) is 98.5 Å². The van der Waals surface area contributed by atoms with Gasteiger partial charge >= 0.3 is 0 Å². The van der Waals surface area contributed by atoms with Crippen molar-refractivity contribution < 1.29 is 0 Å². The van der Waals surface area contributed by atoms with E-state index in [4.69, 9.17) is 0 Å². The number of rotatable bonds is 3. The standard InChI is InChI=1S/C44H29N/c1-3-13-31(14-4-1)44(40-20-10-7-17-34(40)35-18-8-11-21-41(35)44)32-24-23-29-25-30-26-43-39(28-38(30)37(29)27-32)36-19-9-12-22-42(36)45(43)33-15-5-2-6-16-33/h1-24,26-28H,25H2. The van der Waals surface area contributed by atoms with Crippen molar-refractivity contribution in [1.29, 1.82) is 0 Å². The van der Waals surface area contributed by atoms with Crippen LogP contribution in [0.3, 0.4) is 0 Å². The van der Waals surface area contributed by atoms with Gasteiger partial charge in [0.2, 0.25) is 0 Å². The molecule has 0 saturated heterocycles. The van der Waals surface area contributed by atoms with Gasteiger partial charge in [0.1, 0.15) is 0 Å². The molecule has 1 nitrogen and oxygen atoms in total. The minimum Gasteiger partial charge on any atom is -0.309 e. The van der Waals surface area contributed by atoms with Gasteiger partial charge in [-0.2, -0.15) is 0 Å². The Labute approximate surface area is 262 Å². The second kappa shape index (κ2) is 9.17. The summed E-state index contributed by atoms with van der Waals surface area (Å²) < 4.78 is 2.43.